The lowest BCUT2D eigenvalue weighted by Gasteiger charge is -2.21. The Morgan fingerprint density at radius 1 is 1.35 bits per heavy atom. The molecule has 0 saturated carbocycles. The molecule has 0 bridgehead atoms. The summed E-state index contributed by atoms with van der Waals surface area (Å²) in [7, 11) is 4.05. The molecule has 1 aromatic rings. The van der Waals surface area contributed by atoms with Gasteiger partial charge >= 0.3 is 0 Å². The van der Waals surface area contributed by atoms with Crippen molar-refractivity contribution in [2.24, 2.45) is 0 Å². The van der Waals surface area contributed by atoms with Gasteiger partial charge in [-0.3, -0.25) is 4.79 Å². The van der Waals surface area contributed by atoms with Gasteiger partial charge in [-0.05, 0) is 60.0 Å². The van der Waals surface area contributed by atoms with E-state index in [2.05, 4.69) is 41.3 Å². The normalized spacial score (nSPS) is 11.5. The molecule has 1 heterocycles. The van der Waals surface area contributed by atoms with Crippen LogP contribution in [-0.2, 0) is 0 Å². The number of amides is 1. The fourth-order valence-electron chi connectivity index (χ4n) is 1.72. The zero-order chi connectivity index (χ0) is 15.2. The molecule has 1 amide bonds. The summed E-state index contributed by atoms with van der Waals surface area (Å²) in [4.78, 5) is 18.4. The molecular weight excluding hydrogens is 252 g/mol. The fraction of sp³-hybridized carbons (Fsp3) is 0.600. The summed E-state index contributed by atoms with van der Waals surface area (Å²) >= 11 is 0. The average Bonchev–Trinajstić information content (AvgIpc) is 2.32. The summed E-state index contributed by atoms with van der Waals surface area (Å²) in [6.07, 6.45) is 2.60. The van der Waals surface area contributed by atoms with Crippen LogP contribution in [0.1, 0.15) is 37.6 Å². The molecule has 0 fully saturated rings. The Labute approximate surface area is 121 Å². The Bertz CT molecular complexity index is 438. The first-order chi connectivity index (χ1) is 9.28. The van der Waals surface area contributed by atoms with Gasteiger partial charge in [0.1, 0.15) is 5.82 Å². The van der Waals surface area contributed by atoms with Gasteiger partial charge in [0.25, 0.3) is 5.91 Å². The molecule has 0 saturated heterocycles. The van der Waals surface area contributed by atoms with Gasteiger partial charge in [0.05, 0.1) is 0 Å². The molecule has 0 spiro atoms. The highest BCUT2D eigenvalue weighted by Gasteiger charge is 2.12. The summed E-state index contributed by atoms with van der Waals surface area (Å²) < 4.78 is 0. The Hall–Kier alpha value is -1.62. The lowest BCUT2D eigenvalue weighted by Crippen LogP contribution is -2.28. The second-order valence-corrected chi connectivity index (χ2v) is 6.22. The third-order valence-corrected chi connectivity index (χ3v) is 2.59. The van der Waals surface area contributed by atoms with E-state index in [1.54, 1.807) is 18.3 Å². The molecule has 20 heavy (non-hydrogen) atoms. The first kappa shape index (κ1) is 16.4. The van der Waals surface area contributed by atoms with Gasteiger partial charge in [0.15, 0.2) is 0 Å². The van der Waals surface area contributed by atoms with Gasteiger partial charge in [-0.2, -0.15) is 0 Å². The van der Waals surface area contributed by atoms with Crippen molar-refractivity contribution < 1.29 is 4.79 Å². The van der Waals surface area contributed by atoms with Crippen LogP contribution in [0.3, 0.4) is 0 Å². The molecule has 2 N–H and O–H groups in total. The van der Waals surface area contributed by atoms with Crippen LogP contribution < -0.4 is 10.6 Å². The zero-order valence-corrected chi connectivity index (χ0v) is 13.2. The predicted octanol–water partition coefficient (Wildman–Crippen LogP) is 1.97. The van der Waals surface area contributed by atoms with Crippen molar-refractivity contribution >= 4 is 11.7 Å². The van der Waals surface area contributed by atoms with Gasteiger partial charge < -0.3 is 15.5 Å². The molecule has 0 aromatic carbocycles. The molecule has 0 atom stereocenters. The van der Waals surface area contributed by atoms with Crippen LogP contribution in [0.25, 0.3) is 0 Å². The van der Waals surface area contributed by atoms with Crippen LogP contribution in [0, 0.1) is 0 Å². The van der Waals surface area contributed by atoms with Gasteiger partial charge in [-0.15, -0.1) is 0 Å². The maximum absolute atomic E-state index is 12.0. The summed E-state index contributed by atoms with van der Waals surface area (Å²) in [6.45, 7) is 7.82. The molecule has 5 heteroatoms. The number of hydrogen-bond acceptors (Lipinski definition) is 4. The third kappa shape index (κ3) is 6.52. The molecule has 0 aliphatic heterocycles. The van der Waals surface area contributed by atoms with Crippen molar-refractivity contribution in [3.8, 4) is 0 Å². The number of rotatable bonds is 6. The lowest BCUT2D eigenvalue weighted by atomic mass is 10.1. The first-order valence-corrected chi connectivity index (χ1v) is 6.95. The van der Waals surface area contributed by atoms with Crippen molar-refractivity contribution in [2.45, 2.75) is 32.7 Å². The average molecular weight is 278 g/mol. The molecule has 0 aliphatic carbocycles. The van der Waals surface area contributed by atoms with Crippen molar-refractivity contribution in [3.63, 3.8) is 0 Å². The molecule has 0 radical (unpaired) electrons. The second-order valence-electron chi connectivity index (χ2n) is 6.22. The van der Waals surface area contributed by atoms with E-state index in [0.717, 1.165) is 18.8 Å². The van der Waals surface area contributed by atoms with Gasteiger partial charge in [-0.25, -0.2) is 4.98 Å². The van der Waals surface area contributed by atoms with Crippen LogP contribution >= 0.6 is 0 Å². The number of anilines is 1. The summed E-state index contributed by atoms with van der Waals surface area (Å²) in [5.74, 6) is 0.668. The predicted molar refractivity (Wildman–Crippen MR) is 83.1 cm³/mol. The topological polar surface area (TPSA) is 57.3 Å². The monoisotopic (exact) mass is 278 g/mol. The maximum Gasteiger partial charge on any atom is 0.251 e. The van der Waals surface area contributed by atoms with Gasteiger partial charge in [0.2, 0.25) is 0 Å². The highest BCUT2D eigenvalue weighted by atomic mass is 16.1. The molecule has 0 unspecified atom stereocenters. The van der Waals surface area contributed by atoms with E-state index in [0.29, 0.717) is 12.1 Å². The fourth-order valence-corrected chi connectivity index (χ4v) is 1.72. The molecular formula is C15H26N4O. The van der Waals surface area contributed by atoms with Gasteiger partial charge in [-0.1, -0.05) is 0 Å². The van der Waals surface area contributed by atoms with E-state index >= 15 is 0 Å². The van der Waals surface area contributed by atoms with Crippen LogP contribution in [-0.4, -0.2) is 48.5 Å². The number of pyridine rings is 1. The number of carbonyl (C=O) groups is 1. The van der Waals surface area contributed by atoms with Gasteiger partial charge in [0, 0.05) is 23.8 Å². The summed E-state index contributed by atoms with van der Waals surface area (Å²) in [6, 6.07) is 3.52. The minimum Gasteiger partial charge on any atom is -0.365 e. The Morgan fingerprint density at radius 2 is 2.05 bits per heavy atom. The third-order valence-electron chi connectivity index (χ3n) is 2.59. The van der Waals surface area contributed by atoms with E-state index < -0.39 is 0 Å². The minimum atomic E-state index is -0.0756. The molecule has 1 aromatic heterocycles. The standard InChI is InChI=1S/C15H26N4O/c1-15(2,3)18-13-11-12(7-9-16-13)14(20)17-8-6-10-19(4)5/h7,9,11H,6,8,10H2,1-5H3,(H,16,18)(H,17,20). The van der Waals surface area contributed by atoms with Crippen molar-refractivity contribution in [3.05, 3.63) is 23.9 Å². The summed E-state index contributed by atoms with van der Waals surface area (Å²) in [5.41, 5.74) is 0.560. The van der Waals surface area contributed by atoms with E-state index in [1.807, 2.05) is 14.1 Å². The largest absolute Gasteiger partial charge is 0.365 e. The Balaban J connectivity index is 2.54. The van der Waals surface area contributed by atoms with Crippen molar-refractivity contribution in [2.75, 3.05) is 32.5 Å². The smallest absolute Gasteiger partial charge is 0.251 e. The zero-order valence-electron chi connectivity index (χ0n) is 13.2. The van der Waals surface area contributed by atoms with Crippen LogP contribution in [0.2, 0.25) is 0 Å². The minimum absolute atomic E-state index is 0.0527. The summed E-state index contributed by atoms with van der Waals surface area (Å²) in [5, 5.41) is 6.18. The Kier molecular flexibility index (Phi) is 5.95. The van der Waals surface area contributed by atoms with E-state index in [1.165, 1.54) is 0 Å². The first-order valence-electron chi connectivity index (χ1n) is 6.95. The highest BCUT2D eigenvalue weighted by molar-refractivity contribution is 5.94. The molecule has 1 rings (SSSR count). The number of carbonyl (C=O) groups excluding carboxylic acids is 1. The quantitative estimate of drug-likeness (QED) is 0.781. The van der Waals surface area contributed by atoms with Crippen LogP contribution in [0.4, 0.5) is 5.82 Å². The SMILES string of the molecule is CN(C)CCCNC(=O)c1ccnc(NC(C)(C)C)c1. The van der Waals surface area contributed by atoms with Crippen molar-refractivity contribution in [1.29, 1.82) is 0 Å². The van der Waals surface area contributed by atoms with E-state index in [-0.39, 0.29) is 11.4 Å². The van der Waals surface area contributed by atoms with Crippen molar-refractivity contribution in [1.82, 2.24) is 15.2 Å². The number of nitrogens with one attached hydrogen (secondary N) is 2. The Morgan fingerprint density at radius 3 is 2.65 bits per heavy atom. The number of nitrogens with zero attached hydrogens (tertiary/aromatic N) is 2. The molecule has 0 aliphatic rings. The van der Waals surface area contributed by atoms with E-state index in [9.17, 15) is 4.79 Å². The molecule has 112 valence electrons. The second kappa shape index (κ2) is 7.24. The maximum atomic E-state index is 12.0. The lowest BCUT2D eigenvalue weighted by molar-refractivity contribution is 0.0952. The molecule has 5 nitrogen and oxygen atoms in total. The van der Waals surface area contributed by atoms with E-state index in [4.69, 9.17) is 0 Å². The van der Waals surface area contributed by atoms with Crippen LogP contribution in [0.15, 0.2) is 18.3 Å². The number of hydrogen-bond donors (Lipinski definition) is 2. The highest BCUT2D eigenvalue weighted by Crippen LogP contribution is 2.13. The van der Waals surface area contributed by atoms with Crippen LogP contribution in [0.5, 0.6) is 0 Å². The number of aromatic nitrogens is 1.